The number of nitro benzene ring substituents is 1. The number of hydrogen-bond acceptors (Lipinski definition) is 5. The van der Waals surface area contributed by atoms with Gasteiger partial charge in [-0.2, -0.15) is 11.8 Å². The van der Waals surface area contributed by atoms with Crippen LogP contribution < -0.4 is 5.32 Å². The number of benzene rings is 1. The molecular weight excluding hydrogens is 228 g/mol. The van der Waals surface area contributed by atoms with Crippen LogP contribution in [0.1, 0.15) is 5.56 Å². The van der Waals surface area contributed by atoms with Gasteiger partial charge in [-0.25, -0.2) is 0 Å². The molecule has 0 aliphatic carbocycles. The quantitative estimate of drug-likeness (QED) is 0.452. The van der Waals surface area contributed by atoms with Crippen molar-refractivity contribution in [2.24, 2.45) is 0 Å². The lowest BCUT2D eigenvalue weighted by molar-refractivity contribution is -0.384. The van der Waals surface area contributed by atoms with Crippen molar-refractivity contribution >= 4 is 23.1 Å². The first kappa shape index (κ1) is 12.8. The molecule has 0 fully saturated rings. The van der Waals surface area contributed by atoms with Gasteiger partial charge in [-0.05, 0) is 11.6 Å². The van der Waals surface area contributed by atoms with Crippen molar-refractivity contribution in [2.45, 2.75) is 5.75 Å². The second-order valence-electron chi connectivity index (χ2n) is 3.12. The van der Waals surface area contributed by atoms with Gasteiger partial charge >= 0.3 is 0 Å². The fourth-order valence-corrected chi connectivity index (χ4v) is 2.04. The van der Waals surface area contributed by atoms with E-state index in [2.05, 4.69) is 5.32 Å². The SMILES string of the molecule is CNc1ccc([N+](=O)[O-])cc1CSCCO. The Kier molecular flexibility index (Phi) is 5.07. The van der Waals surface area contributed by atoms with Crippen LogP contribution in [0.5, 0.6) is 0 Å². The number of nitrogens with zero attached hydrogens (tertiary/aromatic N) is 1. The van der Waals surface area contributed by atoms with Gasteiger partial charge in [0, 0.05) is 36.4 Å². The van der Waals surface area contributed by atoms with Crippen molar-refractivity contribution < 1.29 is 10.0 Å². The van der Waals surface area contributed by atoms with Crippen molar-refractivity contribution in [2.75, 3.05) is 24.7 Å². The van der Waals surface area contributed by atoms with E-state index >= 15 is 0 Å². The van der Waals surface area contributed by atoms with E-state index in [-0.39, 0.29) is 12.3 Å². The van der Waals surface area contributed by atoms with Crippen LogP contribution in [0.3, 0.4) is 0 Å². The highest BCUT2D eigenvalue weighted by molar-refractivity contribution is 7.98. The molecule has 0 unspecified atom stereocenters. The summed E-state index contributed by atoms with van der Waals surface area (Å²) in [6.07, 6.45) is 0. The fraction of sp³-hybridized carbons (Fsp3) is 0.400. The molecule has 0 aliphatic heterocycles. The molecule has 1 aromatic carbocycles. The summed E-state index contributed by atoms with van der Waals surface area (Å²) < 4.78 is 0. The predicted molar refractivity (Wildman–Crippen MR) is 65.9 cm³/mol. The normalized spacial score (nSPS) is 10.1. The third-order valence-corrected chi connectivity index (χ3v) is 3.05. The zero-order valence-corrected chi connectivity index (χ0v) is 9.79. The monoisotopic (exact) mass is 242 g/mol. The summed E-state index contributed by atoms with van der Waals surface area (Å²) in [5.41, 5.74) is 1.87. The highest BCUT2D eigenvalue weighted by Gasteiger charge is 2.09. The zero-order chi connectivity index (χ0) is 12.0. The third-order valence-electron chi connectivity index (χ3n) is 2.06. The van der Waals surface area contributed by atoms with Crippen LogP contribution in [0, 0.1) is 10.1 Å². The summed E-state index contributed by atoms with van der Waals surface area (Å²) in [4.78, 5) is 10.2. The highest BCUT2D eigenvalue weighted by Crippen LogP contribution is 2.25. The zero-order valence-electron chi connectivity index (χ0n) is 8.97. The minimum atomic E-state index is -0.403. The molecule has 0 bridgehead atoms. The number of hydrogen-bond donors (Lipinski definition) is 2. The largest absolute Gasteiger partial charge is 0.396 e. The Morgan fingerprint density at radius 3 is 2.88 bits per heavy atom. The Balaban J connectivity index is 2.84. The molecule has 88 valence electrons. The lowest BCUT2D eigenvalue weighted by atomic mass is 10.2. The van der Waals surface area contributed by atoms with Gasteiger partial charge in [-0.3, -0.25) is 10.1 Å². The number of rotatable bonds is 6. The summed E-state index contributed by atoms with van der Waals surface area (Å²) in [6.45, 7) is 0.120. The smallest absolute Gasteiger partial charge is 0.269 e. The van der Waals surface area contributed by atoms with Crippen molar-refractivity contribution in [3.8, 4) is 0 Å². The van der Waals surface area contributed by atoms with Crippen LogP contribution in [-0.4, -0.2) is 29.4 Å². The van der Waals surface area contributed by atoms with Crippen molar-refractivity contribution in [3.05, 3.63) is 33.9 Å². The molecule has 0 radical (unpaired) electrons. The molecule has 16 heavy (non-hydrogen) atoms. The van der Waals surface area contributed by atoms with Gasteiger partial charge < -0.3 is 10.4 Å². The van der Waals surface area contributed by atoms with Gasteiger partial charge in [0.25, 0.3) is 5.69 Å². The third kappa shape index (κ3) is 3.39. The minimum absolute atomic E-state index is 0.0959. The summed E-state index contributed by atoms with van der Waals surface area (Å²) in [7, 11) is 1.78. The van der Waals surface area contributed by atoms with Gasteiger partial charge in [0.05, 0.1) is 11.5 Å². The van der Waals surface area contributed by atoms with Crippen molar-refractivity contribution in [1.82, 2.24) is 0 Å². The van der Waals surface area contributed by atoms with Gasteiger partial charge in [-0.1, -0.05) is 0 Å². The number of aliphatic hydroxyl groups excluding tert-OH is 1. The summed E-state index contributed by atoms with van der Waals surface area (Å²) in [5.74, 6) is 1.28. The van der Waals surface area contributed by atoms with E-state index in [4.69, 9.17) is 5.11 Å². The van der Waals surface area contributed by atoms with Gasteiger partial charge in [-0.15, -0.1) is 0 Å². The van der Waals surface area contributed by atoms with E-state index in [0.29, 0.717) is 11.5 Å². The maximum atomic E-state index is 10.6. The fourth-order valence-electron chi connectivity index (χ4n) is 1.30. The molecule has 1 aromatic rings. The molecule has 5 nitrogen and oxygen atoms in total. The number of non-ortho nitro benzene ring substituents is 1. The van der Waals surface area contributed by atoms with E-state index in [1.54, 1.807) is 30.9 Å². The second-order valence-corrected chi connectivity index (χ2v) is 4.23. The van der Waals surface area contributed by atoms with E-state index in [0.717, 1.165) is 11.3 Å². The first-order chi connectivity index (χ1) is 7.69. The van der Waals surface area contributed by atoms with E-state index in [1.807, 2.05) is 0 Å². The maximum Gasteiger partial charge on any atom is 0.269 e. The molecule has 0 atom stereocenters. The van der Waals surface area contributed by atoms with Crippen molar-refractivity contribution in [1.29, 1.82) is 0 Å². The Hall–Kier alpha value is -1.27. The average Bonchev–Trinajstić information content (AvgIpc) is 2.29. The minimum Gasteiger partial charge on any atom is -0.396 e. The summed E-state index contributed by atoms with van der Waals surface area (Å²) in [6, 6.07) is 4.75. The van der Waals surface area contributed by atoms with Crippen LogP contribution in [0.2, 0.25) is 0 Å². The van der Waals surface area contributed by atoms with Crippen LogP contribution in [0.25, 0.3) is 0 Å². The number of thioether (sulfide) groups is 1. The Labute approximate surface area is 98.0 Å². The molecular formula is C10H14N2O3S. The second kappa shape index (κ2) is 6.34. The van der Waals surface area contributed by atoms with Crippen LogP contribution in [0.4, 0.5) is 11.4 Å². The summed E-state index contributed by atoms with van der Waals surface area (Å²) >= 11 is 1.54. The molecule has 0 heterocycles. The summed E-state index contributed by atoms with van der Waals surface area (Å²) in [5, 5.41) is 22.3. The standard InChI is InChI=1S/C10H14N2O3S/c1-11-10-3-2-9(12(14)15)6-8(10)7-16-5-4-13/h2-3,6,11,13H,4-5,7H2,1H3. The molecule has 0 saturated carbocycles. The lowest BCUT2D eigenvalue weighted by Crippen LogP contribution is -1.97. The van der Waals surface area contributed by atoms with Gasteiger partial charge in [0.2, 0.25) is 0 Å². The number of nitrogens with one attached hydrogen (secondary N) is 1. The predicted octanol–water partition coefficient (Wildman–Crippen LogP) is 1.86. The van der Waals surface area contributed by atoms with Crippen LogP contribution in [-0.2, 0) is 5.75 Å². The number of anilines is 1. The Morgan fingerprint density at radius 2 is 2.31 bits per heavy atom. The lowest BCUT2D eigenvalue weighted by Gasteiger charge is -2.08. The first-order valence-electron chi connectivity index (χ1n) is 4.82. The van der Waals surface area contributed by atoms with E-state index in [1.165, 1.54) is 6.07 Å². The topological polar surface area (TPSA) is 75.4 Å². The maximum absolute atomic E-state index is 10.6. The molecule has 0 aromatic heterocycles. The molecule has 0 amide bonds. The highest BCUT2D eigenvalue weighted by atomic mass is 32.2. The Morgan fingerprint density at radius 1 is 1.56 bits per heavy atom. The number of aliphatic hydroxyl groups is 1. The van der Waals surface area contributed by atoms with Crippen molar-refractivity contribution in [3.63, 3.8) is 0 Å². The van der Waals surface area contributed by atoms with Gasteiger partial charge in [0.1, 0.15) is 0 Å². The molecule has 0 saturated heterocycles. The first-order valence-corrected chi connectivity index (χ1v) is 5.98. The van der Waals surface area contributed by atoms with E-state index < -0.39 is 4.92 Å². The molecule has 6 heteroatoms. The molecule has 0 aliphatic rings. The molecule has 2 N–H and O–H groups in total. The molecule has 1 rings (SSSR count). The Bertz CT molecular complexity index is 371. The van der Waals surface area contributed by atoms with Crippen LogP contribution in [0.15, 0.2) is 18.2 Å². The van der Waals surface area contributed by atoms with E-state index in [9.17, 15) is 10.1 Å². The van der Waals surface area contributed by atoms with Gasteiger partial charge in [0.15, 0.2) is 0 Å². The molecule has 0 spiro atoms. The average molecular weight is 242 g/mol. The number of nitro groups is 1. The van der Waals surface area contributed by atoms with Crippen LogP contribution >= 0.6 is 11.8 Å².